The van der Waals surface area contributed by atoms with E-state index in [-0.39, 0.29) is 11.2 Å². The highest BCUT2D eigenvalue weighted by atomic mass is 79.9. The number of nitrogens with one attached hydrogen (secondary N) is 1. The van der Waals surface area contributed by atoms with Crippen molar-refractivity contribution in [3.63, 3.8) is 0 Å². The molecule has 2 rings (SSSR count). The molecule has 1 N–H and O–H groups in total. The molecule has 1 unspecified atom stereocenters. The number of thiophene rings is 1. The summed E-state index contributed by atoms with van der Waals surface area (Å²) in [6.07, 6.45) is 2.32. The van der Waals surface area contributed by atoms with Crippen molar-refractivity contribution in [1.29, 1.82) is 0 Å². The van der Waals surface area contributed by atoms with Gasteiger partial charge < -0.3 is 5.32 Å². The van der Waals surface area contributed by atoms with Gasteiger partial charge in [-0.2, -0.15) is 0 Å². The summed E-state index contributed by atoms with van der Waals surface area (Å²) in [5.41, 5.74) is -0.277. The van der Waals surface area contributed by atoms with Crippen molar-refractivity contribution in [2.24, 2.45) is 11.3 Å². The molecule has 1 aliphatic rings. The lowest BCUT2D eigenvalue weighted by molar-refractivity contribution is 0.0712. The van der Waals surface area contributed by atoms with Gasteiger partial charge in [0.15, 0.2) is 5.78 Å². The molecular formula is C13H18BrNOS. The van der Waals surface area contributed by atoms with Crippen LogP contribution in [-0.2, 0) is 0 Å². The van der Waals surface area contributed by atoms with Crippen molar-refractivity contribution in [1.82, 2.24) is 5.32 Å². The van der Waals surface area contributed by atoms with Crippen LogP contribution in [0.3, 0.4) is 0 Å². The zero-order valence-corrected chi connectivity index (χ0v) is 12.7. The molecule has 1 aromatic heterocycles. The maximum absolute atomic E-state index is 12.6. The molecule has 0 saturated carbocycles. The lowest BCUT2D eigenvalue weighted by Crippen LogP contribution is -2.42. The molecule has 1 saturated heterocycles. The van der Waals surface area contributed by atoms with Gasteiger partial charge >= 0.3 is 0 Å². The predicted molar refractivity (Wildman–Crippen MR) is 75.7 cm³/mol. The Morgan fingerprint density at radius 3 is 2.88 bits per heavy atom. The van der Waals surface area contributed by atoms with Crippen molar-refractivity contribution in [2.75, 3.05) is 13.1 Å². The van der Waals surface area contributed by atoms with E-state index in [1.54, 1.807) is 0 Å². The second kappa shape index (κ2) is 5.21. The number of rotatable bonds is 3. The van der Waals surface area contributed by atoms with E-state index in [0.717, 1.165) is 28.9 Å². The van der Waals surface area contributed by atoms with E-state index in [1.807, 2.05) is 11.4 Å². The summed E-state index contributed by atoms with van der Waals surface area (Å²) < 4.78 is 0.935. The average molecular weight is 316 g/mol. The first kappa shape index (κ1) is 13.2. The van der Waals surface area contributed by atoms with Crippen LogP contribution < -0.4 is 5.32 Å². The fourth-order valence-electron chi connectivity index (χ4n) is 2.40. The summed E-state index contributed by atoms with van der Waals surface area (Å²) in [5, 5.41) is 5.36. The van der Waals surface area contributed by atoms with Gasteiger partial charge in [0.2, 0.25) is 0 Å². The molecule has 0 aromatic carbocycles. The van der Waals surface area contributed by atoms with Gasteiger partial charge in [-0.1, -0.05) is 13.8 Å². The summed E-state index contributed by atoms with van der Waals surface area (Å²) in [7, 11) is 0. The fourth-order valence-corrected chi connectivity index (χ4v) is 4.06. The van der Waals surface area contributed by atoms with Crippen molar-refractivity contribution in [2.45, 2.75) is 26.7 Å². The summed E-state index contributed by atoms with van der Waals surface area (Å²) in [5.74, 6) is 0.714. The summed E-state index contributed by atoms with van der Waals surface area (Å²) >= 11 is 4.99. The molecule has 0 spiro atoms. The molecule has 0 aliphatic carbocycles. The Balaban J connectivity index is 2.19. The van der Waals surface area contributed by atoms with Crippen LogP contribution in [0.4, 0.5) is 0 Å². The minimum Gasteiger partial charge on any atom is -0.316 e. The van der Waals surface area contributed by atoms with Crippen LogP contribution in [0.15, 0.2) is 15.9 Å². The Morgan fingerprint density at radius 2 is 2.35 bits per heavy atom. The second-order valence-corrected chi connectivity index (χ2v) is 6.96. The quantitative estimate of drug-likeness (QED) is 0.861. The smallest absolute Gasteiger partial charge is 0.179 e. The minimum absolute atomic E-state index is 0.271. The maximum Gasteiger partial charge on any atom is 0.179 e. The van der Waals surface area contributed by atoms with Crippen LogP contribution in [0.2, 0.25) is 0 Å². The van der Waals surface area contributed by atoms with E-state index in [1.165, 1.54) is 17.8 Å². The van der Waals surface area contributed by atoms with Crippen LogP contribution in [-0.4, -0.2) is 18.9 Å². The first-order chi connectivity index (χ1) is 8.03. The van der Waals surface area contributed by atoms with E-state index >= 15 is 0 Å². The number of ketones is 1. The fraction of sp³-hybridized carbons (Fsp3) is 0.615. The van der Waals surface area contributed by atoms with Crippen LogP contribution in [0.5, 0.6) is 0 Å². The Labute approximate surface area is 115 Å². The molecule has 1 fully saturated rings. The van der Waals surface area contributed by atoms with Crippen LogP contribution in [0, 0.1) is 11.3 Å². The van der Waals surface area contributed by atoms with E-state index in [4.69, 9.17) is 0 Å². The Bertz CT molecular complexity index is 407. The normalized spacial score (nSPS) is 21.5. The maximum atomic E-state index is 12.6. The molecule has 2 nitrogen and oxygen atoms in total. The average Bonchev–Trinajstić information content (AvgIpc) is 2.75. The lowest BCUT2D eigenvalue weighted by atomic mass is 9.72. The Morgan fingerprint density at radius 1 is 1.59 bits per heavy atom. The van der Waals surface area contributed by atoms with E-state index in [9.17, 15) is 4.79 Å². The van der Waals surface area contributed by atoms with Gasteiger partial charge in [0.05, 0.1) is 4.88 Å². The third kappa shape index (κ3) is 2.64. The van der Waals surface area contributed by atoms with Gasteiger partial charge in [-0.25, -0.2) is 0 Å². The van der Waals surface area contributed by atoms with Gasteiger partial charge in [0, 0.05) is 9.89 Å². The summed E-state index contributed by atoms with van der Waals surface area (Å²) in [6, 6.07) is 1.95. The minimum atomic E-state index is -0.277. The third-order valence-corrected chi connectivity index (χ3v) is 5.56. The zero-order chi connectivity index (χ0) is 12.5. The molecule has 4 heteroatoms. The molecule has 17 heavy (non-hydrogen) atoms. The Hall–Kier alpha value is -0.190. The summed E-state index contributed by atoms with van der Waals surface area (Å²) in [4.78, 5) is 13.5. The zero-order valence-electron chi connectivity index (χ0n) is 10.3. The third-order valence-electron chi connectivity index (χ3n) is 3.73. The molecule has 0 amide bonds. The molecule has 1 aliphatic heterocycles. The predicted octanol–water partition coefficient (Wildman–Crippen LogP) is 3.72. The molecule has 94 valence electrons. The van der Waals surface area contributed by atoms with Gasteiger partial charge in [0.25, 0.3) is 0 Å². The van der Waals surface area contributed by atoms with Gasteiger partial charge in [0.1, 0.15) is 0 Å². The number of carbonyl (C=O) groups is 1. The van der Waals surface area contributed by atoms with Crippen LogP contribution in [0.1, 0.15) is 36.4 Å². The second-order valence-electron chi connectivity index (χ2n) is 5.19. The van der Waals surface area contributed by atoms with Gasteiger partial charge in [-0.3, -0.25) is 4.79 Å². The lowest BCUT2D eigenvalue weighted by Gasteiger charge is -2.35. The first-order valence-electron chi connectivity index (χ1n) is 6.02. The van der Waals surface area contributed by atoms with E-state index < -0.39 is 0 Å². The number of carbonyl (C=O) groups excluding carboxylic acids is 1. The number of hydrogen-bond donors (Lipinski definition) is 1. The molecule has 1 atom stereocenters. The van der Waals surface area contributed by atoms with Crippen molar-refractivity contribution in [3.8, 4) is 0 Å². The number of Topliss-reactive ketones (excluding diaryl/α,β-unsaturated/α-hetero) is 1. The Kier molecular flexibility index (Phi) is 4.06. The van der Waals surface area contributed by atoms with Crippen molar-refractivity contribution in [3.05, 3.63) is 20.8 Å². The van der Waals surface area contributed by atoms with Crippen LogP contribution >= 0.6 is 27.3 Å². The first-order valence-corrected chi connectivity index (χ1v) is 7.69. The topological polar surface area (TPSA) is 29.1 Å². The molecule has 0 bridgehead atoms. The molecule has 1 aromatic rings. The highest BCUT2D eigenvalue weighted by Gasteiger charge is 2.38. The monoisotopic (exact) mass is 315 g/mol. The molecule has 0 radical (unpaired) electrons. The number of piperidine rings is 1. The highest BCUT2D eigenvalue weighted by Crippen LogP contribution is 2.38. The summed E-state index contributed by atoms with van der Waals surface area (Å²) in [6.45, 7) is 6.21. The van der Waals surface area contributed by atoms with E-state index in [2.05, 4.69) is 35.1 Å². The van der Waals surface area contributed by atoms with Crippen molar-refractivity contribution < 1.29 is 4.79 Å². The van der Waals surface area contributed by atoms with Crippen molar-refractivity contribution >= 4 is 33.0 Å². The molecule has 2 heterocycles. The number of halogens is 1. The SMILES string of the molecule is CC(C)(C(=O)c1sccc1Br)C1CCCNC1. The molecular weight excluding hydrogens is 298 g/mol. The largest absolute Gasteiger partial charge is 0.316 e. The van der Waals surface area contributed by atoms with E-state index in [0.29, 0.717) is 5.92 Å². The van der Waals surface area contributed by atoms with Crippen LogP contribution in [0.25, 0.3) is 0 Å². The van der Waals surface area contributed by atoms with Gasteiger partial charge in [-0.15, -0.1) is 11.3 Å². The number of hydrogen-bond acceptors (Lipinski definition) is 3. The highest BCUT2D eigenvalue weighted by molar-refractivity contribution is 9.10. The van der Waals surface area contributed by atoms with Gasteiger partial charge in [-0.05, 0) is 59.2 Å². The standard InChI is InChI=1S/C13H18BrNOS/c1-13(2,9-4-3-6-15-8-9)12(16)11-10(14)5-7-17-11/h5,7,9,15H,3-4,6,8H2,1-2H3.